The third kappa shape index (κ3) is 4.04. The number of carbonyl (C=O) groups excluding carboxylic acids is 1. The molecule has 5 nitrogen and oxygen atoms in total. The fraction of sp³-hybridized carbons (Fsp3) is 0.357. The van der Waals surface area contributed by atoms with Crippen LogP contribution in [0.2, 0.25) is 0 Å². The molecule has 0 radical (unpaired) electrons. The monoisotopic (exact) mass is 312 g/mol. The first-order valence-corrected chi connectivity index (χ1v) is 8.36. The predicted molar refractivity (Wildman–Crippen MR) is 78.8 cm³/mol. The number of amides is 2. The Kier molecular flexibility index (Phi) is 4.62. The molecule has 1 aliphatic rings. The summed E-state index contributed by atoms with van der Waals surface area (Å²) in [6.45, 7) is 0. The minimum absolute atomic E-state index is 0.00600. The van der Waals surface area contributed by atoms with Crippen molar-refractivity contribution in [3.05, 3.63) is 41.8 Å². The molecule has 1 heterocycles. The van der Waals surface area contributed by atoms with Gasteiger partial charge in [0.1, 0.15) is 5.82 Å². The Morgan fingerprint density at radius 2 is 2.14 bits per heavy atom. The van der Waals surface area contributed by atoms with Gasteiger partial charge in [-0.1, -0.05) is 18.2 Å². The summed E-state index contributed by atoms with van der Waals surface area (Å²) in [5.74, 6) is -0.271. The van der Waals surface area contributed by atoms with Crippen LogP contribution in [0.4, 0.5) is 9.18 Å². The normalized spacial score (nSPS) is 20.6. The molecule has 1 atom stereocenters. The van der Waals surface area contributed by atoms with Crippen LogP contribution in [0, 0.1) is 5.82 Å². The van der Waals surface area contributed by atoms with Crippen molar-refractivity contribution in [3.8, 4) is 0 Å². The van der Waals surface area contributed by atoms with Gasteiger partial charge in [-0.3, -0.25) is 0 Å². The van der Waals surface area contributed by atoms with Crippen LogP contribution in [0.3, 0.4) is 0 Å². The molecular formula is C14H17FN2O3S. The van der Waals surface area contributed by atoms with Gasteiger partial charge in [0.25, 0.3) is 0 Å². The molecule has 0 spiro atoms. The van der Waals surface area contributed by atoms with Gasteiger partial charge in [-0.05, 0) is 18.6 Å². The summed E-state index contributed by atoms with van der Waals surface area (Å²) in [5.41, 5.74) is 0.365. The fourth-order valence-electron chi connectivity index (χ4n) is 2.16. The highest BCUT2D eigenvalue weighted by Gasteiger charge is 2.32. The van der Waals surface area contributed by atoms with Crippen LogP contribution in [-0.2, 0) is 9.84 Å². The molecule has 1 N–H and O–H groups in total. The second-order valence-electron chi connectivity index (χ2n) is 4.97. The lowest BCUT2D eigenvalue weighted by molar-refractivity contribution is 0.199. The summed E-state index contributed by atoms with van der Waals surface area (Å²) >= 11 is 0. The van der Waals surface area contributed by atoms with Crippen LogP contribution in [0.15, 0.2) is 30.5 Å². The van der Waals surface area contributed by atoms with Crippen molar-refractivity contribution >= 4 is 21.9 Å². The van der Waals surface area contributed by atoms with Crippen molar-refractivity contribution in [2.75, 3.05) is 18.6 Å². The molecule has 1 aromatic carbocycles. The number of benzene rings is 1. The van der Waals surface area contributed by atoms with E-state index in [-0.39, 0.29) is 23.4 Å². The quantitative estimate of drug-likeness (QED) is 0.922. The van der Waals surface area contributed by atoms with Crippen molar-refractivity contribution in [1.82, 2.24) is 10.2 Å². The molecule has 2 amide bonds. The van der Waals surface area contributed by atoms with Gasteiger partial charge in [0.15, 0.2) is 9.84 Å². The average molecular weight is 312 g/mol. The minimum atomic E-state index is -3.03. The maximum atomic E-state index is 13.4. The summed E-state index contributed by atoms with van der Waals surface area (Å²) in [6, 6.07) is 5.48. The van der Waals surface area contributed by atoms with E-state index in [1.165, 1.54) is 23.2 Å². The van der Waals surface area contributed by atoms with Crippen molar-refractivity contribution in [3.63, 3.8) is 0 Å². The van der Waals surface area contributed by atoms with Gasteiger partial charge in [0.05, 0.1) is 11.5 Å². The smallest absolute Gasteiger partial charge is 0.321 e. The number of hydrogen-bond acceptors (Lipinski definition) is 3. The zero-order chi connectivity index (χ0) is 15.5. The van der Waals surface area contributed by atoms with Crippen LogP contribution in [0.1, 0.15) is 12.0 Å². The van der Waals surface area contributed by atoms with Crippen molar-refractivity contribution in [1.29, 1.82) is 0 Å². The van der Waals surface area contributed by atoms with Crippen LogP contribution in [-0.4, -0.2) is 43.9 Å². The van der Waals surface area contributed by atoms with E-state index < -0.39 is 15.9 Å². The van der Waals surface area contributed by atoms with E-state index in [4.69, 9.17) is 0 Å². The van der Waals surface area contributed by atoms with Crippen molar-refractivity contribution in [2.45, 2.75) is 12.5 Å². The summed E-state index contributed by atoms with van der Waals surface area (Å²) in [4.78, 5) is 13.3. The topological polar surface area (TPSA) is 66.5 Å². The summed E-state index contributed by atoms with van der Waals surface area (Å²) in [6.07, 6.45) is 3.25. The minimum Gasteiger partial charge on any atom is -0.324 e. The highest BCUT2D eigenvalue weighted by molar-refractivity contribution is 7.91. The number of carbonyl (C=O) groups is 1. The predicted octanol–water partition coefficient (Wildman–Crippen LogP) is 1.62. The number of halogens is 1. The molecule has 0 aliphatic carbocycles. The molecule has 0 aromatic heterocycles. The van der Waals surface area contributed by atoms with E-state index in [0.29, 0.717) is 12.0 Å². The standard InChI is InChI=1S/C14H17FN2O3S/c1-17(12-7-9-21(19,20)10-12)14(18)16-8-6-11-4-2-3-5-13(11)15/h2-6,8,12H,7,9-10H2,1H3,(H,16,18)/b8-6+. The van der Waals surface area contributed by atoms with Crippen LogP contribution in [0.5, 0.6) is 0 Å². The van der Waals surface area contributed by atoms with Crippen LogP contribution >= 0.6 is 0 Å². The fourth-order valence-corrected chi connectivity index (χ4v) is 3.94. The molecule has 1 unspecified atom stereocenters. The molecule has 2 rings (SSSR count). The zero-order valence-corrected chi connectivity index (χ0v) is 12.4. The van der Waals surface area contributed by atoms with Crippen molar-refractivity contribution in [2.24, 2.45) is 0 Å². The van der Waals surface area contributed by atoms with Gasteiger partial charge >= 0.3 is 6.03 Å². The Balaban J connectivity index is 1.92. The molecule has 7 heteroatoms. The molecule has 21 heavy (non-hydrogen) atoms. The summed E-state index contributed by atoms with van der Waals surface area (Å²) in [7, 11) is -1.48. The van der Waals surface area contributed by atoms with Gasteiger partial charge in [-0.25, -0.2) is 17.6 Å². The Morgan fingerprint density at radius 1 is 1.43 bits per heavy atom. The van der Waals surface area contributed by atoms with E-state index in [1.54, 1.807) is 25.2 Å². The Morgan fingerprint density at radius 3 is 2.76 bits per heavy atom. The number of nitrogens with zero attached hydrogens (tertiary/aromatic N) is 1. The zero-order valence-electron chi connectivity index (χ0n) is 11.6. The van der Waals surface area contributed by atoms with Crippen molar-refractivity contribution < 1.29 is 17.6 Å². The molecule has 0 bridgehead atoms. The highest BCUT2D eigenvalue weighted by atomic mass is 32.2. The molecule has 1 aliphatic heterocycles. The molecule has 0 saturated carbocycles. The van der Waals surface area contributed by atoms with E-state index in [0.717, 1.165) is 0 Å². The maximum absolute atomic E-state index is 13.4. The third-order valence-electron chi connectivity index (χ3n) is 3.45. The second kappa shape index (κ2) is 6.26. The number of rotatable bonds is 3. The van der Waals surface area contributed by atoms with E-state index in [1.807, 2.05) is 0 Å². The van der Waals surface area contributed by atoms with Crippen LogP contribution in [0.25, 0.3) is 6.08 Å². The molecule has 1 saturated heterocycles. The summed E-state index contributed by atoms with van der Waals surface area (Å²) < 4.78 is 36.1. The Hall–Kier alpha value is -1.89. The number of hydrogen-bond donors (Lipinski definition) is 1. The number of nitrogens with one attached hydrogen (secondary N) is 1. The first kappa shape index (κ1) is 15.5. The van der Waals surface area contributed by atoms with Gasteiger partial charge in [0.2, 0.25) is 0 Å². The number of urea groups is 1. The first-order chi connectivity index (χ1) is 9.89. The van der Waals surface area contributed by atoms with Gasteiger partial charge < -0.3 is 10.2 Å². The van der Waals surface area contributed by atoms with Gasteiger partial charge in [-0.2, -0.15) is 0 Å². The lowest BCUT2D eigenvalue weighted by Gasteiger charge is -2.22. The van der Waals surface area contributed by atoms with Gasteiger partial charge in [-0.15, -0.1) is 0 Å². The average Bonchev–Trinajstić information content (AvgIpc) is 2.80. The second-order valence-corrected chi connectivity index (χ2v) is 7.20. The number of sulfone groups is 1. The van der Waals surface area contributed by atoms with E-state index >= 15 is 0 Å². The highest BCUT2D eigenvalue weighted by Crippen LogP contribution is 2.16. The molecule has 114 valence electrons. The Bertz CT molecular complexity index is 658. The molecule has 1 aromatic rings. The van der Waals surface area contributed by atoms with E-state index in [2.05, 4.69) is 5.32 Å². The lowest BCUT2D eigenvalue weighted by atomic mass is 10.2. The summed E-state index contributed by atoms with van der Waals surface area (Å²) in [5, 5.41) is 2.51. The third-order valence-corrected chi connectivity index (χ3v) is 5.20. The first-order valence-electron chi connectivity index (χ1n) is 6.54. The van der Waals surface area contributed by atoms with E-state index in [9.17, 15) is 17.6 Å². The molecular weight excluding hydrogens is 295 g/mol. The molecule has 1 fully saturated rings. The SMILES string of the molecule is CN(C(=O)N/C=C/c1ccccc1F)C1CCS(=O)(=O)C1. The maximum Gasteiger partial charge on any atom is 0.321 e. The van der Waals surface area contributed by atoms with Crippen LogP contribution < -0.4 is 5.32 Å². The largest absolute Gasteiger partial charge is 0.324 e. The van der Waals surface area contributed by atoms with Gasteiger partial charge in [0, 0.05) is 24.9 Å². The lowest BCUT2D eigenvalue weighted by Crippen LogP contribution is -2.42. The Labute approximate surface area is 123 Å².